The molecule has 1 aromatic heterocycles. The first-order chi connectivity index (χ1) is 8.05. The summed E-state index contributed by atoms with van der Waals surface area (Å²) in [4.78, 5) is 4.40. The Hall–Kier alpha value is -0.880. The Morgan fingerprint density at radius 2 is 2.18 bits per heavy atom. The topological polar surface area (TPSA) is 72.2 Å². The van der Waals surface area contributed by atoms with Crippen LogP contribution >= 0.6 is 0 Å². The summed E-state index contributed by atoms with van der Waals surface area (Å²) in [5.41, 5.74) is 0.937. The molecule has 0 bridgehead atoms. The van der Waals surface area contributed by atoms with Gasteiger partial charge in [0.1, 0.15) is 5.76 Å². The lowest BCUT2D eigenvalue weighted by atomic mass is 10.2. The number of nitrogens with zero attached hydrogens (tertiary/aromatic N) is 1. The molecule has 1 saturated heterocycles. The largest absolute Gasteiger partial charge is 0.444 e. The highest BCUT2D eigenvalue weighted by Crippen LogP contribution is 2.21. The van der Waals surface area contributed by atoms with Crippen LogP contribution in [0.1, 0.15) is 37.2 Å². The molecule has 1 aromatic rings. The van der Waals surface area contributed by atoms with E-state index in [-0.39, 0.29) is 17.5 Å². The Morgan fingerprint density at radius 1 is 1.41 bits per heavy atom. The highest BCUT2D eigenvalue weighted by atomic mass is 32.2. The van der Waals surface area contributed by atoms with Gasteiger partial charge in [-0.2, -0.15) is 0 Å². The first-order valence-corrected chi connectivity index (χ1v) is 7.80. The predicted octanol–water partition coefficient (Wildman–Crippen LogP) is 0.858. The van der Waals surface area contributed by atoms with Crippen molar-refractivity contribution in [3.63, 3.8) is 0 Å². The fourth-order valence-electron chi connectivity index (χ4n) is 2.05. The summed E-state index contributed by atoms with van der Waals surface area (Å²) in [7, 11) is -2.96. The molecule has 0 saturated carbocycles. The van der Waals surface area contributed by atoms with Gasteiger partial charge in [-0.25, -0.2) is 13.4 Å². The number of hydrogen-bond acceptors (Lipinski definition) is 5. The van der Waals surface area contributed by atoms with E-state index in [0.29, 0.717) is 12.4 Å². The van der Waals surface area contributed by atoms with Gasteiger partial charge >= 0.3 is 0 Å². The van der Waals surface area contributed by atoms with Crippen LogP contribution in [0.25, 0.3) is 0 Å². The molecule has 1 fully saturated rings. The minimum Gasteiger partial charge on any atom is -0.444 e. The lowest BCUT2D eigenvalue weighted by Crippen LogP contribution is -2.39. The van der Waals surface area contributed by atoms with Crippen LogP contribution in [0.4, 0.5) is 0 Å². The van der Waals surface area contributed by atoms with Crippen molar-refractivity contribution < 1.29 is 12.8 Å². The van der Waals surface area contributed by atoms with Crippen molar-refractivity contribution in [1.82, 2.24) is 10.3 Å². The zero-order valence-electron chi connectivity index (χ0n) is 10.2. The average Bonchev–Trinajstić information content (AvgIpc) is 2.70. The lowest BCUT2D eigenvalue weighted by Gasteiger charge is -2.20. The van der Waals surface area contributed by atoms with Gasteiger partial charge in [0.05, 0.1) is 23.2 Å². The Balaban J connectivity index is 2.25. The van der Waals surface area contributed by atoms with E-state index in [1.165, 1.54) is 0 Å². The van der Waals surface area contributed by atoms with E-state index < -0.39 is 9.84 Å². The van der Waals surface area contributed by atoms with Crippen molar-refractivity contribution in [1.29, 1.82) is 0 Å². The Bertz CT molecular complexity index is 471. The van der Waals surface area contributed by atoms with E-state index in [2.05, 4.69) is 10.3 Å². The number of nitrogens with one attached hydrogen (secondary N) is 1. The molecule has 1 aliphatic rings. The normalized spacial score (nSPS) is 23.8. The molecule has 1 atom stereocenters. The maximum Gasteiger partial charge on any atom is 0.212 e. The van der Waals surface area contributed by atoms with Gasteiger partial charge in [0, 0.05) is 13.0 Å². The molecule has 0 aliphatic carbocycles. The number of rotatable bonds is 3. The molecule has 0 aromatic carbocycles. The van der Waals surface area contributed by atoms with Crippen molar-refractivity contribution in [2.45, 2.75) is 32.7 Å². The molecular formula is C11H18N2O3S. The first-order valence-electron chi connectivity index (χ1n) is 5.98. The summed E-state index contributed by atoms with van der Waals surface area (Å²) in [6, 6.07) is -0.292. The number of sulfone groups is 1. The third-order valence-electron chi connectivity index (χ3n) is 2.97. The second-order valence-corrected chi connectivity index (χ2v) is 6.48. The fraction of sp³-hybridized carbons (Fsp3) is 0.727. The highest BCUT2D eigenvalue weighted by Gasteiger charge is 2.29. The molecule has 2 heterocycles. The van der Waals surface area contributed by atoms with E-state index in [1.807, 2.05) is 13.8 Å². The molecule has 1 aliphatic heterocycles. The van der Waals surface area contributed by atoms with E-state index in [0.717, 1.165) is 24.3 Å². The number of aromatic nitrogens is 1. The third kappa shape index (κ3) is 2.69. The summed E-state index contributed by atoms with van der Waals surface area (Å²) >= 11 is 0. The van der Waals surface area contributed by atoms with Crippen LogP contribution < -0.4 is 5.32 Å². The SMILES string of the molecule is CCc1nc(C2CS(=O)(=O)CCN2)oc1CC. The molecule has 2 rings (SSSR count). The molecular weight excluding hydrogens is 240 g/mol. The van der Waals surface area contributed by atoms with Crippen molar-refractivity contribution >= 4 is 9.84 Å². The average molecular weight is 258 g/mol. The van der Waals surface area contributed by atoms with E-state index >= 15 is 0 Å². The number of hydrogen-bond donors (Lipinski definition) is 1. The first kappa shape index (κ1) is 12.6. The summed E-state index contributed by atoms with van der Waals surface area (Å²) in [5.74, 6) is 1.67. The molecule has 5 nitrogen and oxygen atoms in total. The van der Waals surface area contributed by atoms with Crippen molar-refractivity contribution in [2.75, 3.05) is 18.1 Å². The van der Waals surface area contributed by atoms with Gasteiger partial charge in [-0.3, -0.25) is 0 Å². The van der Waals surface area contributed by atoms with Crippen molar-refractivity contribution in [3.05, 3.63) is 17.3 Å². The van der Waals surface area contributed by atoms with Gasteiger partial charge in [-0.05, 0) is 6.42 Å². The molecule has 0 spiro atoms. The zero-order valence-corrected chi connectivity index (χ0v) is 11.0. The maximum atomic E-state index is 11.6. The molecule has 1 unspecified atom stereocenters. The summed E-state index contributed by atoms with van der Waals surface area (Å²) < 4.78 is 28.8. The zero-order chi connectivity index (χ0) is 12.5. The molecule has 1 N–H and O–H groups in total. The minimum atomic E-state index is -2.96. The standard InChI is InChI=1S/C11H18N2O3S/c1-3-8-10(4-2)16-11(13-8)9-7-17(14,15)6-5-12-9/h9,12H,3-7H2,1-2H3. The number of aryl methyl sites for hydroxylation is 2. The van der Waals surface area contributed by atoms with Gasteiger partial charge in [0.2, 0.25) is 5.89 Å². The third-order valence-corrected chi connectivity index (χ3v) is 4.64. The monoisotopic (exact) mass is 258 g/mol. The summed E-state index contributed by atoms with van der Waals surface area (Å²) in [6.45, 7) is 4.50. The highest BCUT2D eigenvalue weighted by molar-refractivity contribution is 7.91. The second-order valence-electron chi connectivity index (χ2n) is 4.25. The van der Waals surface area contributed by atoms with Crippen LogP contribution in [0.15, 0.2) is 4.42 Å². The molecule has 0 amide bonds. The summed E-state index contributed by atoms with van der Waals surface area (Å²) in [6.07, 6.45) is 1.60. The van der Waals surface area contributed by atoms with Crippen molar-refractivity contribution in [3.8, 4) is 0 Å². The Labute approximate surface area is 102 Å². The van der Waals surface area contributed by atoms with Gasteiger partial charge in [0.25, 0.3) is 0 Å². The van der Waals surface area contributed by atoms with Gasteiger partial charge in [-0.1, -0.05) is 13.8 Å². The van der Waals surface area contributed by atoms with Crippen LogP contribution in [0.2, 0.25) is 0 Å². The summed E-state index contributed by atoms with van der Waals surface area (Å²) in [5, 5.41) is 3.14. The van der Waals surface area contributed by atoms with Gasteiger partial charge < -0.3 is 9.73 Å². The van der Waals surface area contributed by atoms with Crippen molar-refractivity contribution in [2.24, 2.45) is 0 Å². The Morgan fingerprint density at radius 3 is 2.71 bits per heavy atom. The van der Waals surface area contributed by atoms with Gasteiger partial charge in [0.15, 0.2) is 9.84 Å². The Kier molecular flexibility index (Phi) is 3.53. The van der Waals surface area contributed by atoms with Crippen LogP contribution in [0, 0.1) is 0 Å². The van der Waals surface area contributed by atoms with E-state index in [9.17, 15) is 8.42 Å². The van der Waals surface area contributed by atoms with E-state index in [1.54, 1.807) is 0 Å². The maximum absolute atomic E-state index is 11.6. The molecule has 96 valence electrons. The van der Waals surface area contributed by atoms with Crippen LogP contribution in [0.3, 0.4) is 0 Å². The van der Waals surface area contributed by atoms with Crippen LogP contribution in [-0.2, 0) is 22.7 Å². The smallest absolute Gasteiger partial charge is 0.212 e. The number of oxazole rings is 1. The van der Waals surface area contributed by atoms with Gasteiger partial charge in [-0.15, -0.1) is 0 Å². The van der Waals surface area contributed by atoms with Crippen LogP contribution in [0.5, 0.6) is 0 Å². The fourth-order valence-corrected chi connectivity index (χ4v) is 3.41. The minimum absolute atomic E-state index is 0.0832. The quantitative estimate of drug-likeness (QED) is 0.870. The molecule has 17 heavy (non-hydrogen) atoms. The van der Waals surface area contributed by atoms with Crippen LogP contribution in [-0.4, -0.2) is 31.5 Å². The molecule has 0 radical (unpaired) electrons. The predicted molar refractivity (Wildman–Crippen MR) is 64.7 cm³/mol. The second kappa shape index (κ2) is 4.78. The van der Waals surface area contributed by atoms with E-state index in [4.69, 9.17) is 4.42 Å². The molecule has 6 heteroatoms. The lowest BCUT2D eigenvalue weighted by molar-refractivity contribution is 0.393.